The molecule has 0 aromatic heterocycles. The summed E-state index contributed by atoms with van der Waals surface area (Å²) in [5.74, 6) is -11.3. The number of rotatable bonds is 8. The maximum atomic E-state index is 14.7. The number of aliphatic hydroxyl groups excluding tert-OH is 2. The lowest BCUT2D eigenvalue weighted by molar-refractivity contribution is 0.281. The Hall–Kier alpha value is -3.65. The zero-order valence-electron chi connectivity index (χ0n) is 16.0. The van der Waals surface area contributed by atoms with E-state index in [4.69, 9.17) is 20.7 Å². The van der Waals surface area contributed by atoms with Gasteiger partial charge in [0.25, 0.3) is 0 Å². The van der Waals surface area contributed by atoms with Crippen LogP contribution in [0.1, 0.15) is 28.5 Å². The van der Waals surface area contributed by atoms with Gasteiger partial charge in [0.15, 0.2) is 29.2 Å². The Labute approximate surface area is 175 Å². The maximum Gasteiger partial charge on any atom is 0.167 e. The van der Waals surface area contributed by atoms with Gasteiger partial charge in [-0.15, -0.1) is 0 Å². The zero-order valence-corrected chi connectivity index (χ0v) is 16.0. The first-order chi connectivity index (χ1) is 14.9. The smallest absolute Gasteiger partial charge is 0.167 e. The molecule has 2 aromatic rings. The average Bonchev–Trinajstić information content (AvgIpc) is 2.78. The largest absolute Gasteiger partial charge is 0.395 e. The molecule has 0 aliphatic rings. The predicted octanol–water partition coefficient (Wildman–Crippen LogP) is 2.82. The lowest BCUT2D eigenvalue weighted by Crippen LogP contribution is -2.29. The van der Waals surface area contributed by atoms with Crippen LogP contribution in [-0.4, -0.2) is 36.5 Å². The van der Waals surface area contributed by atoms with E-state index in [0.29, 0.717) is 5.69 Å². The van der Waals surface area contributed by atoms with Crippen molar-refractivity contribution in [1.82, 2.24) is 0 Å². The summed E-state index contributed by atoms with van der Waals surface area (Å²) >= 11 is 0. The van der Waals surface area contributed by atoms with Crippen molar-refractivity contribution in [2.75, 3.05) is 31.2 Å². The first-order valence-electron chi connectivity index (χ1n) is 8.97. The molecule has 0 heterocycles. The number of aliphatic hydroxyl groups is 2. The standard InChI is InChI=1S/C21H16F4N4O2/c22-18-16(13(9-26)10-27)19(23)21(25)17(20(18)24)15(11-28)12-1-3-14(4-2-12)29(5-7-30)6-8-31/h1-4,13,15,30-31H,5-8H2/t15-/m0/s1. The Morgan fingerprint density at radius 3 is 1.58 bits per heavy atom. The molecule has 160 valence electrons. The van der Waals surface area contributed by atoms with Gasteiger partial charge in [-0.05, 0) is 17.7 Å². The fourth-order valence-corrected chi connectivity index (χ4v) is 3.13. The van der Waals surface area contributed by atoms with Crippen molar-refractivity contribution < 1.29 is 27.8 Å². The Morgan fingerprint density at radius 2 is 1.19 bits per heavy atom. The molecule has 0 saturated heterocycles. The third-order valence-corrected chi connectivity index (χ3v) is 4.63. The topological polar surface area (TPSA) is 115 Å². The first-order valence-corrected chi connectivity index (χ1v) is 8.97. The number of nitrogens with zero attached hydrogens (tertiary/aromatic N) is 4. The van der Waals surface area contributed by atoms with Gasteiger partial charge >= 0.3 is 0 Å². The molecule has 2 N–H and O–H groups in total. The summed E-state index contributed by atoms with van der Waals surface area (Å²) in [5.41, 5.74) is -1.96. The van der Waals surface area contributed by atoms with Crippen molar-refractivity contribution in [2.24, 2.45) is 0 Å². The second-order valence-corrected chi connectivity index (χ2v) is 6.36. The second-order valence-electron chi connectivity index (χ2n) is 6.36. The van der Waals surface area contributed by atoms with Gasteiger partial charge < -0.3 is 15.1 Å². The van der Waals surface area contributed by atoms with Crippen molar-refractivity contribution >= 4 is 5.69 Å². The second kappa shape index (κ2) is 10.4. The molecule has 31 heavy (non-hydrogen) atoms. The maximum absolute atomic E-state index is 14.7. The molecule has 0 bridgehead atoms. The van der Waals surface area contributed by atoms with Crippen LogP contribution in [0.25, 0.3) is 0 Å². The van der Waals surface area contributed by atoms with E-state index < -0.39 is 46.2 Å². The summed E-state index contributed by atoms with van der Waals surface area (Å²) in [6, 6.07) is 9.69. The van der Waals surface area contributed by atoms with Crippen LogP contribution in [0.4, 0.5) is 23.2 Å². The van der Waals surface area contributed by atoms with Crippen molar-refractivity contribution in [3.05, 3.63) is 64.2 Å². The number of halogens is 4. The highest BCUT2D eigenvalue weighted by molar-refractivity contribution is 5.51. The van der Waals surface area contributed by atoms with Crippen LogP contribution in [0.2, 0.25) is 0 Å². The third-order valence-electron chi connectivity index (χ3n) is 4.63. The van der Waals surface area contributed by atoms with E-state index in [1.165, 1.54) is 36.4 Å². The van der Waals surface area contributed by atoms with Gasteiger partial charge in [-0.3, -0.25) is 0 Å². The fraction of sp³-hybridized carbons (Fsp3) is 0.286. The highest BCUT2D eigenvalue weighted by Crippen LogP contribution is 2.36. The Morgan fingerprint density at radius 1 is 0.742 bits per heavy atom. The van der Waals surface area contributed by atoms with E-state index >= 15 is 0 Å². The highest BCUT2D eigenvalue weighted by Gasteiger charge is 2.34. The molecule has 0 unspecified atom stereocenters. The minimum absolute atomic E-state index is 0.0284. The molecule has 6 nitrogen and oxygen atoms in total. The number of anilines is 1. The van der Waals surface area contributed by atoms with Crippen LogP contribution in [-0.2, 0) is 0 Å². The van der Waals surface area contributed by atoms with E-state index in [1.54, 1.807) is 11.0 Å². The van der Waals surface area contributed by atoms with Crippen molar-refractivity contribution in [2.45, 2.75) is 11.8 Å². The Kier molecular flexibility index (Phi) is 7.93. The third kappa shape index (κ3) is 4.59. The van der Waals surface area contributed by atoms with Crippen LogP contribution in [0.5, 0.6) is 0 Å². The zero-order chi connectivity index (χ0) is 23.1. The van der Waals surface area contributed by atoms with Crippen LogP contribution in [0.3, 0.4) is 0 Å². The van der Waals surface area contributed by atoms with E-state index in [2.05, 4.69) is 0 Å². The summed E-state index contributed by atoms with van der Waals surface area (Å²) in [6.07, 6.45) is 0. The van der Waals surface area contributed by atoms with Gasteiger partial charge in [0.05, 0.1) is 42.5 Å². The van der Waals surface area contributed by atoms with Gasteiger partial charge in [-0.2, -0.15) is 15.8 Å². The van der Waals surface area contributed by atoms with E-state index in [-0.39, 0.29) is 31.9 Å². The molecule has 0 fully saturated rings. The molecule has 0 aliphatic heterocycles. The molecule has 0 amide bonds. The first kappa shape index (κ1) is 23.6. The molecule has 2 rings (SSSR count). The van der Waals surface area contributed by atoms with E-state index in [9.17, 15) is 22.8 Å². The summed E-state index contributed by atoms with van der Waals surface area (Å²) in [5, 5.41) is 45.3. The van der Waals surface area contributed by atoms with Crippen molar-refractivity contribution in [1.29, 1.82) is 15.8 Å². The molecule has 0 spiro atoms. The normalized spacial score (nSPS) is 11.5. The summed E-state index contributed by atoms with van der Waals surface area (Å²) in [6.45, 7) is -0.00404. The SMILES string of the molecule is N#CC(C#N)c1c(F)c(F)c([C@@H](C#N)c2ccc(N(CCO)CCO)cc2)c(F)c1F. The van der Waals surface area contributed by atoms with Gasteiger partial charge in [-0.25, -0.2) is 17.6 Å². The number of hydrogen-bond donors (Lipinski definition) is 2. The molecule has 0 radical (unpaired) electrons. The van der Waals surface area contributed by atoms with Crippen LogP contribution < -0.4 is 4.90 Å². The number of nitriles is 3. The summed E-state index contributed by atoms with van der Waals surface area (Å²) in [4.78, 5) is 1.62. The highest BCUT2D eigenvalue weighted by atomic mass is 19.2. The van der Waals surface area contributed by atoms with Crippen LogP contribution >= 0.6 is 0 Å². The molecular weight excluding hydrogens is 416 g/mol. The minimum Gasteiger partial charge on any atom is -0.395 e. The van der Waals surface area contributed by atoms with Crippen molar-refractivity contribution in [3.63, 3.8) is 0 Å². The average molecular weight is 432 g/mol. The van der Waals surface area contributed by atoms with Gasteiger partial charge in [0.2, 0.25) is 0 Å². The molecule has 10 heteroatoms. The van der Waals surface area contributed by atoms with Crippen LogP contribution in [0, 0.1) is 57.3 Å². The summed E-state index contributed by atoms with van der Waals surface area (Å²) < 4.78 is 58.2. The van der Waals surface area contributed by atoms with E-state index in [1.807, 2.05) is 0 Å². The fourth-order valence-electron chi connectivity index (χ4n) is 3.13. The van der Waals surface area contributed by atoms with Gasteiger partial charge in [0.1, 0.15) is 5.92 Å². The van der Waals surface area contributed by atoms with E-state index in [0.717, 1.165) is 0 Å². The predicted molar refractivity (Wildman–Crippen MR) is 101 cm³/mol. The summed E-state index contributed by atoms with van der Waals surface area (Å²) in [7, 11) is 0. The molecule has 0 saturated carbocycles. The quantitative estimate of drug-likeness (QED) is 0.490. The van der Waals surface area contributed by atoms with Gasteiger partial charge in [0, 0.05) is 18.8 Å². The number of benzene rings is 2. The van der Waals surface area contributed by atoms with Crippen LogP contribution in [0.15, 0.2) is 24.3 Å². The van der Waals surface area contributed by atoms with Gasteiger partial charge in [-0.1, -0.05) is 12.1 Å². The minimum atomic E-state index is -2.07. The molecular formula is C21H16F4N4O2. The lowest BCUT2D eigenvalue weighted by atomic mass is 9.88. The Bertz CT molecular complexity index is 1020. The molecule has 0 aliphatic carbocycles. The molecule has 1 atom stereocenters. The molecule has 2 aromatic carbocycles. The van der Waals surface area contributed by atoms with Crippen molar-refractivity contribution in [3.8, 4) is 18.2 Å². The lowest BCUT2D eigenvalue weighted by Gasteiger charge is -2.23. The number of hydrogen-bond acceptors (Lipinski definition) is 6. The Balaban J connectivity index is 2.56. The monoisotopic (exact) mass is 432 g/mol.